The third-order valence-electron chi connectivity index (χ3n) is 2.19. The minimum absolute atomic E-state index is 0.771. The Labute approximate surface area is 94.2 Å². The van der Waals surface area contributed by atoms with Gasteiger partial charge in [0.05, 0.1) is 0 Å². The summed E-state index contributed by atoms with van der Waals surface area (Å²) >= 11 is 18.3. The maximum Gasteiger partial charge on any atom is 0.278 e. The minimum Gasteiger partial charge on any atom is -0.140 e. The summed E-state index contributed by atoms with van der Waals surface area (Å²) in [4.78, 5) is 0. The Hall–Kier alpha value is 0.307. The number of hydrogen-bond acceptors (Lipinski definition) is 0. The quantitative estimate of drug-likeness (QED) is 0.529. The first-order valence-electron chi connectivity index (χ1n) is 3.98. The Balaban J connectivity index is 3.35. The number of hydrogen-bond donors (Lipinski definition) is 0. The number of rotatable bonds is 1. The summed E-state index contributed by atoms with van der Waals surface area (Å²) in [5.74, 6) is 0. The normalized spacial score (nSPS) is 11.8. The largest absolute Gasteiger partial charge is 0.278 e. The molecule has 1 aromatic carbocycles. The van der Waals surface area contributed by atoms with Gasteiger partial charge in [0.25, 0.3) is 6.69 Å². The van der Waals surface area contributed by atoms with E-state index in [1.54, 1.807) is 0 Å². The molecule has 0 aliphatic carbocycles. The molecule has 0 amide bonds. The molecule has 0 aliphatic rings. The molecular formula is C9H11Cl3Si. The molecular weight excluding hydrogens is 243 g/mol. The van der Waals surface area contributed by atoms with E-state index in [1.807, 2.05) is 32.5 Å². The van der Waals surface area contributed by atoms with Crippen LogP contribution < -0.4 is 5.19 Å². The van der Waals surface area contributed by atoms with Gasteiger partial charge in [0.15, 0.2) is 0 Å². The first kappa shape index (κ1) is 11.4. The lowest BCUT2D eigenvalue weighted by molar-refractivity contribution is 1.36. The minimum atomic E-state index is -2.25. The average molecular weight is 254 g/mol. The van der Waals surface area contributed by atoms with Gasteiger partial charge in [0, 0.05) is 5.02 Å². The van der Waals surface area contributed by atoms with Crippen molar-refractivity contribution in [3.63, 3.8) is 0 Å². The molecule has 0 bridgehead atoms. The highest BCUT2D eigenvalue weighted by atomic mass is 35.7. The van der Waals surface area contributed by atoms with Crippen molar-refractivity contribution >= 4 is 45.6 Å². The monoisotopic (exact) mass is 252 g/mol. The van der Waals surface area contributed by atoms with Gasteiger partial charge in [-0.25, -0.2) is 0 Å². The maximum absolute atomic E-state index is 6.15. The lowest BCUT2D eigenvalue weighted by Gasteiger charge is -2.16. The van der Waals surface area contributed by atoms with Crippen molar-refractivity contribution in [2.75, 3.05) is 0 Å². The van der Waals surface area contributed by atoms with Crippen LogP contribution in [0.3, 0.4) is 0 Å². The maximum atomic E-state index is 6.15. The topological polar surface area (TPSA) is 0 Å². The first-order valence-corrected chi connectivity index (χ1v) is 8.88. The molecule has 0 heterocycles. The molecule has 0 fully saturated rings. The van der Waals surface area contributed by atoms with E-state index in [0.29, 0.717) is 0 Å². The molecule has 0 N–H and O–H groups in total. The second-order valence-electron chi connectivity index (χ2n) is 3.23. The van der Waals surface area contributed by atoms with Crippen LogP contribution in [0.15, 0.2) is 12.1 Å². The molecule has 0 unspecified atom stereocenters. The SMILES string of the molecule is Cc1c(Cl)ccc([Si](C)(Cl)Cl)c1C. The van der Waals surface area contributed by atoms with Crippen LogP contribution in [0.1, 0.15) is 11.1 Å². The molecule has 0 spiro atoms. The van der Waals surface area contributed by atoms with E-state index < -0.39 is 6.69 Å². The fourth-order valence-corrected chi connectivity index (χ4v) is 3.92. The van der Waals surface area contributed by atoms with Gasteiger partial charge in [-0.1, -0.05) is 17.7 Å². The lowest BCUT2D eigenvalue weighted by Crippen LogP contribution is -2.35. The van der Waals surface area contributed by atoms with Crippen molar-refractivity contribution in [2.24, 2.45) is 0 Å². The third kappa shape index (κ3) is 2.41. The van der Waals surface area contributed by atoms with Crippen molar-refractivity contribution in [2.45, 2.75) is 20.4 Å². The van der Waals surface area contributed by atoms with Crippen molar-refractivity contribution in [1.29, 1.82) is 0 Å². The Bertz CT molecular complexity index is 328. The van der Waals surface area contributed by atoms with Gasteiger partial charge in [0.1, 0.15) is 0 Å². The summed E-state index contributed by atoms with van der Waals surface area (Å²) in [6, 6.07) is 3.78. The molecule has 0 atom stereocenters. The molecule has 13 heavy (non-hydrogen) atoms. The Morgan fingerprint density at radius 1 is 1.08 bits per heavy atom. The average Bonchev–Trinajstić information content (AvgIpc) is 1.98. The summed E-state index contributed by atoms with van der Waals surface area (Å²) in [5.41, 5.74) is 2.19. The van der Waals surface area contributed by atoms with E-state index in [4.69, 9.17) is 33.8 Å². The fourth-order valence-electron chi connectivity index (χ4n) is 1.26. The van der Waals surface area contributed by atoms with E-state index in [-0.39, 0.29) is 0 Å². The smallest absolute Gasteiger partial charge is 0.140 e. The van der Waals surface area contributed by atoms with E-state index >= 15 is 0 Å². The molecule has 0 saturated carbocycles. The van der Waals surface area contributed by atoms with Crippen LogP contribution in [0.2, 0.25) is 11.6 Å². The zero-order valence-electron chi connectivity index (χ0n) is 7.79. The number of benzene rings is 1. The molecule has 0 saturated heterocycles. The van der Waals surface area contributed by atoms with Gasteiger partial charge in [0.2, 0.25) is 0 Å². The highest BCUT2D eigenvalue weighted by Crippen LogP contribution is 2.22. The summed E-state index contributed by atoms with van der Waals surface area (Å²) in [7, 11) is 0. The van der Waals surface area contributed by atoms with E-state index in [1.165, 1.54) is 0 Å². The third-order valence-corrected chi connectivity index (χ3v) is 5.31. The van der Waals surface area contributed by atoms with E-state index in [9.17, 15) is 0 Å². The Morgan fingerprint density at radius 3 is 2.08 bits per heavy atom. The molecule has 0 radical (unpaired) electrons. The molecule has 1 rings (SSSR count). The van der Waals surface area contributed by atoms with Crippen molar-refractivity contribution in [1.82, 2.24) is 0 Å². The van der Waals surface area contributed by atoms with Crippen molar-refractivity contribution in [3.05, 3.63) is 28.3 Å². The molecule has 72 valence electrons. The Morgan fingerprint density at radius 2 is 1.62 bits per heavy atom. The molecule has 0 nitrogen and oxygen atoms in total. The van der Waals surface area contributed by atoms with Crippen molar-refractivity contribution in [3.8, 4) is 0 Å². The summed E-state index contributed by atoms with van der Waals surface area (Å²) < 4.78 is 0. The summed E-state index contributed by atoms with van der Waals surface area (Å²) in [6.07, 6.45) is 0. The van der Waals surface area contributed by atoms with Gasteiger partial charge in [-0.15, -0.1) is 22.2 Å². The van der Waals surface area contributed by atoms with Crippen LogP contribution in [-0.2, 0) is 0 Å². The van der Waals surface area contributed by atoms with Crippen LogP contribution in [0, 0.1) is 13.8 Å². The van der Waals surface area contributed by atoms with Crippen LogP contribution >= 0.6 is 33.8 Å². The molecule has 1 aromatic rings. The summed E-state index contributed by atoms with van der Waals surface area (Å²) in [5, 5.41) is 1.82. The fraction of sp³-hybridized carbons (Fsp3) is 0.333. The molecule has 0 aromatic heterocycles. The highest BCUT2D eigenvalue weighted by Gasteiger charge is 2.26. The van der Waals surface area contributed by atoms with E-state index in [2.05, 4.69) is 0 Å². The predicted octanol–water partition coefficient (Wildman–Crippen LogP) is 3.71. The summed E-state index contributed by atoms with van der Waals surface area (Å²) in [6.45, 7) is 3.64. The van der Waals surface area contributed by atoms with Crippen molar-refractivity contribution < 1.29 is 0 Å². The molecule has 4 heteroatoms. The van der Waals surface area contributed by atoms with Gasteiger partial charge >= 0.3 is 0 Å². The molecule has 0 aliphatic heterocycles. The lowest BCUT2D eigenvalue weighted by atomic mass is 10.1. The van der Waals surface area contributed by atoms with E-state index in [0.717, 1.165) is 21.3 Å². The predicted molar refractivity (Wildman–Crippen MR) is 63.9 cm³/mol. The van der Waals surface area contributed by atoms with Gasteiger partial charge in [-0.2, -0.15) is 0 Å². The zero-order chi connectivity index (χ0) is 10.2. The second kappa shape index (κ2) is 3.82. The standard InChI is InChI=1S/C9H11Cl3Si/c1-6-7(2)9(13(3,11)12)5-4-8(6)10/h4-5H,1-3H3. The Kier molecular flexibility index (Phi) is 3.34. The van der Waals surface area contributed by atoms with Gasteiger partial charge in [-0.3, -0.25) is 0 Å². The highest BCUT2D eigenvalue weighted by molar-refractivity contribution is 7.50. The van der Waals surface area contributed by atoms with Gasteiger partial charge in [-0.05, 0) is 42.8 Å². The first-order chi connectivity index (χ1) is 5.84. The van der Waals surface area contributed by atoms with Crippen LogP contribution in [0.5, 0.6) is 0 Å². The van der Waals surface area contributed by atoms with Crippen LogP contribution in [-0.4, -0.2) is 6.69 Å². The van der Waals surface area contributed by atoms with Crippen LogP contribution in [0.4, 0.5) is 0 Å². The zero-order valence-corrected chi connectivity index (χ0v) is 11.1. The second-order valence-corrected chi connectivity index (χ2v) is 11.1. The van der Waals surface area contributed by atoms with Gasteiger partial charge < -0.3 is 0 Å². The van der Waals surface area contributed by atoms with Crippen LogP contribution in [0.25, 0.3) is 0 Å². The number of halogens is 3.